The average Bonchev–Trinajstić information content (AvgIpc) is 2.44. The Morgan fingerprint density at radius 2 is 1.76 bits per heavy atom. The van der Waals surface area contributed by atoms with Gasteiger partial charge in [-0.25, -0.2) is 8.42 Å². The van der Waals surface area contributed by atoms with Crippen LogP contribution < -0.4 is 5.73 Å². The van der Waals surface area contributed by atoms with Crippen LogP contribution in [0, 0.1) is 26.2 Å². The number of hydrogen-bond acceptors (Lipinski definition) is 4. The Morgan fingerprint density at radius 3 is 2.33 bits per heavy atom. The smallest absolute Gasteiger partial charge is 0.245 e. The molecular formula is C15H21N3O2S. The highest BCUT2D eigenvalue weighted by Gasteiger charge is 2.31. The lowest BCUT2D eigenvalue weighted by atomic mass is 10.1. The van der Waals surface area contributed by atoms with Gasteiger partial charge in [0.2, 0.25) is 10.0 Å². The molecule has 0 atom stereocenters. The third-order valence-corrected chi connectivity index (χ3v) is 5.96. The van der Waals surface area contributed by atoms with Crippen LogP contribution in [0.3, 0.4) is 0 Å². The Morgan fingerprint density at radius 1 is 1.19 bits per heavy atom. The Balaban J connectivity index is 2.29. The van der Waals surface area contributed by atoms with Gasteiger partial charge in [0.25, 0.3) is 0 Å². The van der Waals surface area contributed by atoms with Crippen molar-refractivity contribution < 1.29 is 8.42 Å². The van der Waals surface area contributed by atoms with Crippen LogP contribution in [0.1, 0.15) is 11.1 Å². The number of sulfonamides is 1. The second kappa shape index (κ2) is 6.06. The summed E-state index contributed by atoms with van der Waals surface area (Å²) in [5, 5.41) is 0. The van der Waals surface area contributed by atoms with Gasteiger partial charge >= 0.3 is 0 Å². The summed E-state index contributed by atoms with van der Waals surface area (Å²) in [5.74, 6) is 2.59. The van der Waals surface area contributed by atoms with Crippen LogP contribution in [0.25, 0.3) is 0 Å². The molecular weight excluding hydrogens is 286 g/mol. The number of nitrogens with two attached hydrogens (primary N) is 1. The van der Waals surface area contributed by atoms with Crippen molar-refractivity contribution in [3.8, 4) is 12.3 Å². The van der Waals surface area contributed by atoms with E-state index in [-0.39, 0.29) is 4.90 Å². The van der Waals surface area contributed by atoms with E-state index in [9.17, 15) is 8.42 Å². The van der Waals surface area contributed by atoms with Gasteiger partial charge in [0, 0.05) is 26.2 Å². The zero-order valence-electron chi connectivity index (χ0n) is 12.5. The standard InChI is InChI=1S/C15H21N3O2S/c1-4-7-17-8-10-18(11-9-17)21(19,20)15-13(3)6-5-12(2)14(15)16/h1,5-6H,7-11,16H2,2-3H3. The number of rotatable bonds is 3. The lowest BCUT2D eigenvalue weighted by molar-refractivity contribution is 0.207. The summed E-state index contributed by atoms with van der Waals surface area (Å²) in [6.45, 7) is 6.32. The van der Waals surface area contributed by atoms with E-state index in [4.69, 9.17) is 12.2 Å². The fraction of sp³-hybridized carbons (Fsp3) is 0.467. The quantitative estimate of drug-likeness (QED) is 0.663. The predicted molar refractivity (Wildman–Crippen MR) is 84.4 cm³/mol. The van der Waals surface area contributed by atoms with Crippen molar-refractivity contribution in [2.75, 3.05) is 38.5 Å². The zero-order chi connectivity index (χ0) is 15.6. The second-order valence-electron chi connectivity index (χ2n) is 5.33. The summed E-state index contributed by atoms with van der Waals surface area (Å²) < 4.78 is 27.2. The van der Waals surface area contributed by atoms with Crippen molar-refractivity contribution in [2.24, 2.45) is 0 Å². The molecule has 21 heavy (non-hydrogen) atoms. The van der Waals surface area contributed by atoms with Crippen LogP contribution >= 0.6 is 0 Å². The third kappa shape index (κ3) is 3.05. The SMILES string of the molecule is C#CCN1CCN(S(=O)(=O)c2c(C)ccc(C)c2N)CC1. The first-order chi connectivity index (χ1) is 9.87. The van der Waals surface area contributed by atoms with Crippen molar-refractivity contribution in [3.63, 3.8) is 0 Å². The van der Waals surface area contributed by atoms with Gasteiger partial charge in [-0.1, -0.05) is 18.1 Å². The monoisotopic (exact) mass is 307 g/mol. The Labute approximate surface area is 126 Å². The number of nitrogens with zero attached hydrogens (tertiary/aromatic N) is 2. The molecule has 0 spiro atoms. The van der Waals surface area contributed by atoms with Crippen LogP contribution in [0.5, 0.6) is 0 Å². The highest BCUT2D eigenvalue weighted by atomic mass is 32.2. The van der Waals surface area contributed by atoms with Gasteiger partial charge < -0.3 is 5.73 Å². The summed E-state index contributed by atoms with van der Waals surface area (Å²) in [7, 11) is -3.55. The molecule has 2 rings (SSSR count). The first-order valence-electron chi connectivity index (χ1n) is 6.89. The molecule has 1 saturated heterocycles. The van der Waals surface area contributed by atoms with E-state index in [0.717, 1.165) is 5.56 Å². The summed E-state index contributed by atoms with van der Waals surface area (Å²) in [6, 6.07) is 3.64. The van der Waals surface area contributed by atoms with Crippen molar-refractivity contribution in [3.05, 3.63) is 23.3 Å². The predicted octanol–water partition coefficient (Wildman–Crippen LogP) is 0.825. The summed E-state index contributed by atoms with van der Waals surface area (Å²) >= 11 is 0. The molecule has 1 aliphatic rings. The molecule has 1 aromatic carbocycles. The topological polar surface area (TPSA) is 66.6 Å². The minimum absolute atomic E-state index is 0.243. The highest BCUT2D eigenvalue weighted by Crippen LogP contribution is 2.29. The molecule has 114 valence electrons. The van der Waals surface area contributed by atoms with E-state index < -0.39 is 10.0 Å². The number of terminal acetylenes is 1. The van der Waals surface area contributed by atoms with Crippen molar-refractivity contribution in [1.29, 1.82) is 0 Å². The molecule has 1 aromatic rings. The molecule has 2 N–H and O–H groups in total. The van der Waals surface area contributed by atoms with Gasteiger partial charge in [-0.2, -0.15) is 4.31 Å². The van der Waals surface area contributed by atoms with Gasteiger partial charge in [0.1, 0.15) is 4.90 Å². The van der Waals surface area contributed by atoms with Crippen molar-refractivity contribution in [1.82, 2.24) is 9.21 Å². The third-order valence-electron chi connectivity index (χ3n) is 3.85. The maximum absolute atomic E-state index is 12.8. The number of aryl methyl sites for hydroxylation is 2. The van der Waals surface area contributed by atoms with Crippen molar-refractivity contribution in [2.45, 2.75) is 18.7 Å². The Bertz CT molecular complexity index is 669. The molecule has 0 aliphatic carbocycles. The molecule has 0 radical (unpaired) electrons. The van der Waals surface area contributed by atoms with Crippen LogP contribution in [0.2, 0.25) is 0 Å². The normalized spacial score (nSPS) is 17.6. The van der Waals surface area contributed by atoms with Crippen molar-refractivity contribution >= 4 is 15.7 Å². The van der Waals surface area contributed by atoms with Gasteiger partial charge in [-0.3, -0.25) is 4.90 Å². The number of benzene rings is 1. The first-order valence-corrected chi connectivity index (χ1v) is 8.33. The second-order valence-corrected chi connectivity index (χ2v) is 7.20. The summed E-state index contributed by atoms with van der Waals surface area (Å²) in [6.07, 6.45) is 5.29. The fourth-order valence-electron chi connectivity index (χ4n) is 2.54. The molecule has 0 saturated carbocycles. The van der Waals surface area contributed by atoms with Crippen LogP contribution in [0.4, 0.5) is 5.69 Å². The lowest BCUT2D eigenvalue weighted by Crippen LogP contribution is -2.48. The van der Waals surface area contributed by atoms with E-state index in [2.05, 4.69) is 10.8 Å². The van der Waals surface area contributed by atoms with Gasteiger partial charge in [-0.15, -0.1) is 6.42 Å². The van der Waals surface area contributed by atoms with E-state index >= 15 is 0 Å². The van der Waals surface area contributed by atoms with Gasteiger partial charge in [-0.05, 0) is 25.0 Å². The molecule has 0 bridgehead atoms. The zero-order valence-corrected chi connectivity index (χ0v) is 13.3. The van der Waals surface area contributed by atoms with E-state index in [1.807, 2.05) is 13.0 Å². The van der Waals surface area contributed by atoms with Gasteiger partial charge in [0.05, 0.1) is 12.2 Å². The average molecular weight is 307 g/mol. The molecule has 1 fully saturated rings. The number of anilines is 1. The summed E-state index contributed by atoms with van der Waals surface area (Å²) in [5.41, 5.74) is 7.82. The number of piperazine rings is 1. The fourth-order valence-corrected chi connectivity index (χ4v) is 4.35. The molecule has 1 aliphatic heterocycles. The molecule has 0 aromatic heterocycles. The Kier molecular flexibility index (Phi) is 4.57. The van der Waals surface area contributed by atoms with Crippen LogP contribution in [-0.4, -0.2) is 50.3 Å². The highest BCUT2D eigenvalue weighted by molar-refractivity contribution is 7.89. The number of hydrogen-bond donors (Lipinski definition) is 1. The number of nitrogen functional groups attached to an aromatic ring is 1. The molecule has 1 heterocycles. The maximum Gasteiger partial charge on any atom is 0.245 e. The van der Waals surface area contributed by atoms with Crippen LogP contribution in [0.15, 0.2) is 17.0 Å². The Hall–Kier alpha value is -1.55. The maximum atomic E-state index is 12.8. The van der Waals surface area contributed by atoms with E-state index in [1.165, 1.54) is 4.31 Å². The largest absolute Gasteiger partial charge is 0.397 e. The molecule has 0 amide bonds. The minimum atomic E-state index is -3.55. The van der Waals surface area contributed by atoms with E-state index in [1.54, 1.807) is 13.0 Å². The van der Waals surface area contributed by atoms with Gasteiger partial charge in [0.15, 0.2) is 0 Å². The molecule has 5 nitrogen and oxygen atoms in total. The van der Waals surface area contributed by atoms with Crippen LogP contribution in [-0.2, 0) is 10.0 Å². The summed E-state index contributed by atoms with van der Waals surface area (Å²) in [4.78, 5) is 2.31. The van der Waals surface area contributed by atoms with E-state index in [0.29, 0.717) is 44.0 Å². The molecule has 6 heteroatoms. The molecule has 0 unspecified atom stereocenters. The first kappa shape index (κ1) is 15.8. The lowest BCUT2D eigenvalue weighted by Gasteiger charge is -2.33. The minimum Gasteiger partial charge on any atom is -0.397 e.